The van der Waals surface area contributed by atoms with Crippen molar-refractivity contribution >= 4 is 28.4 Å². The molecule has 0 spiro atoms. The number of rotatable bonds is 5. The summed E-state index contributed by atoms with van der Waals surface area (Å²) in [6, 6.07) is 10.4. The van der Waals surface area contributed by atoms with Crippen LogP contribution in [0.1, 0.15) is 26.2 Å². The Hall–Kier alpha value is -3.36. The Balaban J connectivity index is 1.46. The van der Waals surface area contributed by atoms with E-state index in [-0.39, 0.29) is 30.1 Å². The summed E-state index contributed by atoms with van der Waals surface area (Å²) in [6.45, 7) is 0.551. The zero-order chi connectivity index (χ0) is 22.6. The molecule has 9 heteroatoms. The third-order valence-electron chi connectivity index (χ3n) is 6.09. The second-order valence-corrected chi connectivity index (χ2v) is 8.54. The first-order valence-electron chi connectivity index (χ1n) is 10.5. The summed E-state index contributed by atoms with van der Waals surface area (Å²) in [5, 5.41) is 7.55. The molecule has 1 aliphatic carbocycles. The third kappa shape index (κ3) is 3.61. The minimum Gasteiger partial charge on any atom is -0.346 e. The average Bonchev–Trinajstić information content (AvgIpc) is 3.41. The maximum absolute atomic E-state index is 13.4. The molecule has 1 aromatic heterocycles. The SMILES string of the molecule is CC(F)(F)C(=O)N[C@H]1CC(=O)N(c2ccc3c(cnn3-c3ccc(F)cc3)c2)[C@H]1C1CC1. The van der Waals surface area contributed by atoms with Crippen LogP contribution in [0.2, 0.25) is 0 Å². The summed E-state index contributed by atoms with van der Waals surface area (Å²) >= 11 is 0. The second kappa shape index (κ2) is 7.36. The van der Waals surface area contributed by atoms with Crippen LogP contribution in [0, 0.1) is 11.7 Å². The average molecular weight is 442 g/mol. The van der Waals surface area contributed by atoms with Gasteiger partial charge < -0.3 is 10.2 Å². The van der Waals surface area contributed by atoms with Gasteiger partial charge in [0.15, 0.2) is 0 Å². The number of benzene rings is 2. The molecule has 32 heavy (non-hydrogen) atoms. The molecule has 0 bridgehead atoms. The summed E-state index contributed by atoms with van der Waals surface area (Å²) in [5.41, 5.74) is 2.12. The summed E-state index contributed by atoms with van der Waals surface area (Å²) in [4.78, 5) is 26.4. The van der Waals surface area contributed by atoms with Crippen LogP contribution >= 0.6 is 0 Å². The Morgan fingerprint density at radius 2 is 1.81 bits per heavy atom. The molecule has 1 saturated heterocycles. The van der Waals surface area contributed by atoms with Gasteiger partial charge in [-0.15, -0.1) is 0 Å². The molecule has 1 N–H and O–H groups in total. The molecule has 1 aliphatic heterocycles. The van der Waals surface area contributed by atoms with E-state index in [0.717, 1.165) is 23.7 Å². The van der Waals surface area contributed by atoms with Crippen molar-refractivity contribution in [1.29, 1.82) is 0 Å². The van der Waals surface area contributed by atoms with E-state index < -0.39 is 17.9 Å². The number of fused-ring (bicyclic) bond motifs is 1. The van der Waals surface area contributed by atoms with Crippen LogP contribution in [-0.2, 0) is 9.59 Å². The highest BCUT2D eigenvalue weighted by Gasteiger charge is 2.50. The molecule has 2 aromatic carbocycles. The van der Waals surface area contributed by atoms with Gasteiger partial charge in [-0.25, -0.2) is 9.07 Å². The van der Waals surface area contributed by atoms with E-state index in [4.69, 9.17) is 0 Å². The molecule has 0 unspecified atom stereocenters. The van der Waals surface area contributed by atoms with Gasteiger partial charge in [-0.1, -0.05) is 0 Å². The molecule has 0 radical (unpaired) electrons. The maximum Gasteiger partial charge on any atom is 0.321 e. The van der Waals surface area contributed by atoms with Crippen molar-refractivity contribution in [2.75, 3.05) is 4.90 Å². The van der Waals surface area contributed by atoms with Gasteiger partial charge in [0.2, 0.25) is 5.91 Å². The van der Waals surface area contributed by atoms with E-state index >= 15 is 0 Å². The van der Waals surface area contributed by atoms with E-state index in [0.29, 0.717) is 18.3 Å². The molecule has 2 amide bonds. The molecule has 166 valence electrons. The fourth-order valence-corrected chi connectivity index (χ4v) is 4.44. The van der Waals surface area contributed by atoms with Gasteiger partial charge in [0.1, 0.15) is 5.82 Å². The maximum atomic E-state index is 13.4. The van der Waals surface area contributed by atoms with E-state index in [1.165, 1.54) is 12.1 Å². The second-order valence-electron chi connectivity index (χ2n) is 8.54. The smallest absolute Gasteiger partial charge is 0.321 e. The lowest BCUT2D eigenvalue weighted by Crippen LogP contribution is -2.50. The first-order valence-corrected chi connectivity index (χ1v) is 10.5. The van der Waals surface area contributed by atoms with E-state index in [1.807, 2.05) is 12.1 Å². The predicted molar refractivity (Wildman–Crippen MR) is 112 cm³/mol. The highest BCUT2D eigenvalue weighted by molar-refractivity contribution is 6.00. The van der Waals surface area contributed by atoms with Crippen molar-refractivity contribution in [3.63, 3.8) is 0 Å². The molecular formula is C23H21F3N4O2. The highest BCUT2D eigenvalue weighted by Crippen LogP contribution is 2.43. The number of halogens is 3. The predicted octanol–water partition coefficient (Wildman–Crippen LogP) is 3.82. The summed E-state index contributed by atoms with van der Waals surface area (Å²) in [6.07, 6.45) is 3.41. The first-order chi connectivity index (χ1) is 15.2. The zero-order valence-electron chi connectivity index (χ0n) is 17.3. The van der Waals surface area contributed by atoms with Gasteiger partial charge in [-0.3, -0.25) is 9.59 Å². The fourth-order valence-electron chi connectivity index (χ4n) is 4.44. The lowest BCUT2D eigenvalue weighted by atomic mass is 10.0. The largest absolute Gasteiger partial charge is 0.346 e. The van der Waals surface area contributed by atoms with Crippen LogP contribution in [0.25, 0.3) is 16.6 Å². The first kappa shape index (κ1) is 20.5. The van der Waals surface area contributed by atoms with Crippen molar-refractivity contribution in [2.45, 2.75) is 44.2 Å². The van der Waals surface area contributed by atoms with Gasteiger partial charge in [-0.05, 0) is 61.2 Å². The summed E-state index contributed by atoms with van der Waals surface area (Å²) in [7, 11) is 0. The Bertz CT molecular complexity index is 1200. The molecule has 6 nitrogen and oxygen atoms in total. The highest BCUT2D eigenvalue weighted by atomic mass is 19.3. The van der Waals surface area contributed by atoms with Gasteiger partial charge >= 0.3 is 5.92 Å². The summed E-state index contributed by atoms with van der Waals surface area (Å²) < 4.78 is 41.8. The van der Waals surface area contributed by atoms with Crippen molar-refractivity contribution in [3.05, 3.63) is 54.5 Å². The summed E-state index contributed by atoms with van der Waals surface area (Å²) in [5.74, 6) is -5.25. The van der Waals surface area contributed by atoms with Crippen molar-refractivity contribution in [2.24, 2.45) is 5.92 Å². The monoisotopic (exact) mass is 442 g/mol. The lowest BCUT2D eigenvalue weighted by molar-refractivity contribution is -0.143. The van der Waals surface area contributed by atoms with Crippen LogP contribution in [0.5, 0.6) is 0 Å². The molecular weight excluding hydrogens is 421 g/mol. The number of carbonyl (C=O) groups excluding carboxylic acids is 2. The minimum atomic E-state index is -3.50. The van der Waals surface area contributed by atoms with Crippen LogP contribution in [-0.4, -0.2) is 39.6 Å². The Morgan fingerprint density at radius 1 is 1.12 bits per heavy atom. The molecule has 1 saturated carbocycles. The fraction of sp³-hybridized carbons (Fsp3) is 0.348. The van der Waals surface area contributed by atoms with Crippen LogP contribution in [0.3, 0.4) is 0 Å². The number of anilines is 1. The number of hydrogen-bond donors (Lipinski definition) is 1. The van der Waals surface area contributed by atoms with Crippen LogP contribution in [0.15, 0.2) is 48.7 Å². The van der Waals surface area contributed by atoms with E-state index in [1.54, 1.807) is 34.0 Å². The molecule has 5 rings (SSSR count). The van der Waals surface area contributed by atoms with Gasteiger partial charge in [0.25, 0.3) is 5.91 Å². The third-order valence-corrected chi connectivity index (χ3v) is 6.09. The number of nitrogens with one attached hydrogen (secondary N) is 1. The number of hydrogen-bond acceptors (Lipinski definition) is 3. The topological polar surface area (TPSA) is 67.2 Å². The number of nitrogens with zero attached hydrogens (tertiary/aromatic N) is 3. The zero-order valence-corrected chi connectivity index (χ0v) is 17.3. The molecule has 2 fully saturated rings. The van der Waals surface area contributed by atoms with Crippen molar-refractivity contribution in [1.82, 2.24) is 15.1 Å². The van der Waals surface area contributed by atoms with E-state index in [9.17, 15) is 22.8 Å². The number of amides is 2. The Morgan fingerprint density at radius 3 is 2.47 bits per heavy atom. The normalized spacial score (nSPS) is 21.4. The van der Waals surface area contributed by atoms with Crippen molar-refractivity contribution in [3.8, 4) is 5.69 Å². The van der Waals surface area contributed by atoms with Crippen LogP contribution < -0.4 is 10.2 Å². The van der Waals surface area contributed by atoms with Crippen molar-refractivity contribution < 1.29 is 22.8 Å². The molecule has 2 heterocycles. The van der Waals surface area contributed by atoms with Crippen LogP contribution in [0.4, 0.5) is 18.9 Å². The van der Waals surface area contributed by atoms with E-state index in [2.05, 4.69) is 10.4 Å². The molecule has 3 aromatic rings. The Kier molecular flexibility index (Phi) is 4.72. The number of carbonyl (C=O) groups is 2. The molecule has 2 atom stereocenters. The molecule has 2 aliphatic rings. The van der Waals surface area contributed by atoms with Gasteiger partial charge in [-0.2, -0.15) is 13.9 Å². The van der Waals surface area contributed by atoms with Gasteiger partial charge in [0, 0.05) is 24.4 Å². The quantitative estimate of drug-likeness (QED) is 0.653. The Labute approximate surface area is 182 Å². The minimum absolute atomic E-state index is 0.0180. The lowest BCUT2D eigenvalue weighted by Gasteiger charge is -2.29. The van der Waals surface area contributed by atoms with Gasteiger partial charge in [0.05, 0.1) is 29.5 Å². The number of alkyl halides is 2. The number of aromatic nitrogens is 2. The standard InChI is InChI=1S/C23H21F3N4O2/c1-23(25,26)22(32)28-18-11-20(31)29(21(18)13-2-3-13)17-8-9-19-14(10-17)12-27-30(19)16-6-4-15(24)5-7-16/h4-10,12-13,18,21H,2-3,11H2,1H3,(H,28,32)/t18-,21-/m0/s1.